The Morgan fingerprint density at radius 1 is 1.08 bits per heavy atom. The van der Waals surface area contributed by atoms with Gasteiger partial charge in [-0.3, -0.25) is 0 Å². The second-order valence-electron chi connectivity index (χ2n) is 4.66. The van der Waals surface area contributed by atoms with Gasteiger partial charge in [0.1, 0.15) is 0 Å². The Balaban J connectivity index is 2.10. The molecule has 0 spiro atoms. The summed E-state index contributed by atoms with van der Waals surface area (Å²) in [4.78, 5) is -0.470. The van der Waals surface area contributed by atoms with Crippen LogP contribution in [0.2, 0.25) is 5.02 Å². The third-order valence-corrected chi connectivity index (χ3v) is 4.51. The smallest absolute Gasteiger partial charge is 0.207 e. The van der Waals surface area contributed by atoms with Gasteiger partial charge in [0.2, 0.25) is 10.0 Å². The normalized spacial score (nSPS) is 11.7. The number of alkyl halides is 3. The van der Waals surface area contributed by atoms with Crippen LogP contribution in [-0.2, 0) is 16.2 Å². The second-order valence-corrected chi connectivity index (χ2v) is 6.87. The lowest BCUT2D eigenvalue weighted by Crippen LogP contribution is -2.24. The maximum Gasteiger partial charge on any atom is 0.416 e. The van der Waals surface area contributed by atoms with Crippen LogP contribution in [0, 0.1) is 11.8 Å². The third-order valence-electron chi connectivity index (χ3n) is 2.88. The Bertz CT molecular complexity index is 899. The monoisotopic (exact) mass is 373 g/mol. The van der Waals surface area contributed by atoms with Crippen molar-refractivity contribution in [2.24, 2.45) is 0 Å². The van der Waals surface area contributed by atoms with Crippen molar-refractivity contribution in [3.8, 4) is 11.8 Å². The van der Waals surface area contributed by atoms with Crippen LogP contribution in [0.5, 0.6) is 0 Å². The lowest BCUT2D eigenvalue weighted by molar-refractivity contribution is -0.137. The largest absolute Gasteiger partial charge is 0.416 e. The molecule has 2 aromatic carbocycles. The molecule has 0 unspecified atom stereocenters. The molecular formula is C16H11ClF3NO2S. The molecule has 0 aromatic heterocycles. The SMILES string of the molecule is O=S(=O)(NCC#Cc1cccc(Cl)c1)c1cccc(C(F)(F)F)c1. The first-order valence-electron chi connectivity index (χ1n) is 6.60. The standard InChI is InChI=1S/C16H11ClF3NO2S/c17-14-7-1-4-12(10-14)5-3-9-21-24(22,23)15-8-2-6-13(11-15)16(18,19)20/h1-2,4,6-8,10-11,21H,9H2. The van der Waals surface area contributed by atoms with E-state index in [1.165, 1.54) is 0 Å². The van der Waals surface area contributed by atoms with Crippen molar-refractivity contribution < 1.29 is 21.6 Å². The van der Waals surface area contributed by atoms with E-state index in [0.717, 1.165) is 18.2 Å². The molecule has 8 heteroatoms. The molecule has 0 aliphatic heterocycles. The number of halogens is 4. The van der Waals surface area contributed by atoms with Gasteiger partial charge in [-0.2, -0.15) is 17.9 Å². The van der Waals surface area contributed by atoms with Crippen LogP contribution in [0.1, 0.15) is 11.1 Å². The molecule has 0 atom stereocenters. The molecule has 0 bridgehead atoms. The van der Waals surface area contributed by atoms with Crippen molar-refractivity contribution >= 4 is 21.6 Å². The van der Waals surface area contributed by atoms with E-state index in [1.807, 2.05) is 0 Å². The molecule has 24 heavy (non-hydrogen) atoms. The molecule has 0 heterocycles. The van der Waals surface area contributed by atoms with Crippen molar-refractivity contribution in [2.75, 3.05) is 6.54 Å². The highest BCUT2D eigenvalue weighted by molar-refractivity contribution is 7.89. The predicted molar refractivity (Wildman–Crippen MR) is 85.0 cm³/mol. The van der Waals surface area contributed by atoms with Gasteiger partial charge in [0, 0.05) is 10.6 Å². The number of sulfonamides is 1. The van der Waals surface area contributed by atoms with E-state index in [-0.39, 0.29) is 6.54 Å². The Morgan fingerprint density at radius 3 is 2.46 bits per heavy atom. The molecule has 0 saturated heterocycles. The van der Waals surface area contributed by atoms with Gasteiger partial charge in [0.15, 0.2) is 0 Å². The minimum Gasteiger partial charge on any atom is -0.207 e. The van der Waals surface area contributed by atoms with Crippen molar-refractivity contribution in [3.05, 3.63) is 64.7 Å². The van der Waals surface area contributed by atoms with Crippen LogP contribution < -0.4 is 4.72 Å². The maximum atomic E-state index is 12.6. The lowest BCUT2D eigenvalue weighted by atomic mass is 10.2. The summed E-state index contributed by atoms with van der Waals surface area (Å²) in [5.41, 5.74) is -0.434. The molecular weight excluding hydrogens is 363 g/mol. The second kappa shape index (κ2) is 7.26. The van der Waals surface area contributed by atoms with Crippen molar-refractivity contribution in [1.29, 1.82) is 0 Å². The zero-order chi connectivity index (χ0) is 17.8. The Labute approximate surface area is 142 Å². The first-order chi connectivity index (χ1) is 11.2. The zero-order valence-electron chi connectivity index (χ0n) is 12.1. The Kier molecular flexibility index (Phi) is 5.54. The van der Waals surface area contributed by atoms with Crippen LogP contribution in [0.25, 0.3) is 0 Å². The average molecular weight is 374 g/mol. The number of hydrogen-bond acceptors (Lipinski definition) is 2. The molecule has 2 rings (SSSR count). The molecule has 126 valence electrons. The fourth-order valence-electron chi connectivity index (χ4n) is 1.77. The molecule has 2 aromatic rings. The highest BCUT2D eigenvalue weighted by atomic mass is 35.5. The van der Waals surface area contributed by atoms with E-state index in [1.54, 1.807) is 24.3 Å². The van der Waals surface area contributed by atoms with E-state index >= 15 is 0 Å². The molecule has 1 N–H and O–H groups in total. The van der Waals surface area contributed by atoms with Crippen molar-refractivity contribution in [1.82, 2.24) is 4.72 Å². The van der Waals surface area contributed by atoms with Gasteiger partial charge in [0.05, 0.1) is 17.0 Å². The van der Waals surface area contributed by atoms with E-state index in [4.69, 9.17) is 11.6 Å². The van der Waals surface area contributed by atoms with Crippen LogP contribution in [0.4, 0.5) is 13.2 Å². The van der Waals surface area contributed by atoms with Crippen LogP contribution in [0.15, 0.2) is 53.4 Å². The quantitative estimate of drug-likeness (QED) is 0.834. The van der Waals surface area contributed by atoms with Gasteiger partial charge in [0.25, 0.3) is 0 Å². The molecule has 0 amide bonds. The van der Waals surface area contributed by atoms with Crippen molar-refractivity contribution in [2.45, 2.75) is 11.1 Å². The molecule has 0 radical (unpaired) electrons. The van der Waals surface area contributed by atoms with Gasteiger partial charge in [-0.15, -0.1) is 0 Å². The summed E-state index contributed by atoms with van der Waals surface area (Å²) in [6.07, 6.45) is -4.61. The topological polar surface area (TPSA) is 46.2 Å². The highest BCUT2D eigenvalue weighted by Crippen LogP contribution is 2.30. The zero-order valence-corrected chi connectivity index (χ0v) is 13.6. The summed E-state index contributed by atoms with van der Waals surface area (Å²) in [5.74, 6) is 5.28. The van der Waals surface area contributed by atoms with Crippen LogP contribution in [-0.4, -0.2) is 15.0 Å². The molecule has 0 saturated carbocycles. The number of hydrogen-bond donors (Lipinski definition) is 1. The maximum absolute atomic E-state index is 12.6. The Morgan fingerprint density at radius 2 is 1.79 bits per heavy atom. The summed E-state index contributed by atoms with van der Waals surface area (Å²) in [7, 11) is -4.08. The van der Waals surface area contributed by atoms with Gasteiger partial charge < -0.3 is 0 Å². The van der Waals surface area contributed by atoms with Gasteiger partial charge in [-0.25, -0.2) is 8.42 Å². The fourth-order valence-corrected chi connectivity index (χ4v) is 2.93. The van der Waals surface area contributed by atoms with E-state index in [9.17, 15) is 21.6 Å². The lowest BCUT2D eigenvalue weighted by Gasteiger charge is -2.09. The Hall–Kier alpha value is -2.01. The van der Waals surface area contributed by atoms with Crippen LogP contribution >= 0.6 is 11.6 Å². The minimum absolute atomic E-state index is 0.245. The highest BCUT2D eigenvalue weighted by Gasteiger charge is 2.31. The van der Waals surface area contributed by atoms with E-state index in [0.29, 0.717) is 16.7 Å². The molecule has 0 fully saturated rings. The van der Waals surface area contributed by atoms with Gasteiger partial charge >= 0.3 is 6.18 Å². The minimum atomic E-state index is -4.61. The summed E-state index contributed by atoms with van der Waals surface area (Å²) in [6.45, 7) is -0.245. The number of benzene rings is 2. The molecule has 0 aliphatic carbocycles. The van der Waals surface area contributed by atoms with E-state index < -0.39 is 26.7 Å². The summed E-state index contributed by atoms with van der Waals surface area (Å²) in [5, 5.41) is 0.492. The summed E-state index contributed by atoms with van der Waals surface area (Å²) < 4.78 is 64.1. The third kappa shape index (κ3) is 4.99. The molecule has 3 nitrogen and oxygen atoms in total. The van der Waals surface area contributed by atoms with Crippen molar-refractivity contribution in [3.63, 3.8) is 0 Å². The first-order valence-corrected chi connectivity index (χ1v) is 8.46. The first kappa shape index (κ1) is 18.3. The van der Waals surface area contributed by atoms with E-state index in [2.05, 4.69) is 16.6 Å². The number of rotatable bonds is 3. The summed E-state index contributed by atoms with van der Waals surface area (Å²) >= 11 is 5.79. The fraction of sp³-hybridized carbons (Fsp3) is 0.125. The predicted octanol–water partition coefficient (Wildman–Crippen LogP) is 3.69. The van der Waals surface area contributed by atoms with Gasteiger partial charge in [-0.1, -0.05) is 35.6 Å². The van der Waals surface area contributed by atoms with Crippen LogP contribution in [0.3, 0.4) is 0 Å². The van der Waals surface area contributed by atoms with Gasteiger partial charge in [-0.05, 0) is 36.4 Å². The average Bonchev–Trinajstić information content (AvgIpc) is 2.51. The molecule has 0 aliphatic rings. The summed E-state index contributed by atoms with van der Waals surface area (Å²) in [6, 6.07) is 10.2. The number of nitrogens with one attached hydrogen (secondary N) is 1.